The lowest BCUT2D eigenvalue weighted by Gasteiger charge is -2.31. The van der Waals surface area contributed by atoms with Crippen molar-refractivity contribution in [2.45, 2.75) is 25.2 Å². The smallest absolute Gasteiger partial charge is 0.416 e. The highest BCUT2D eigenvalue weighted by atomic mass is 19.4. The van der Waals surface area contributed by atoms with Gasteiger partial charge in [-0.3, -0.25) is 4.79 Å². The molecule has 148 valence electrons. The minimum atomic E-state index is -4.43. The largest absolute Gasteiger partial charge is 0.465 e. The molecule has 2 aromatic rings. The molecule has 1 unspecified atom stereocenters. The van der Waals surface area contributed by atoms with Crippen LogP contribution in [0.5, 0.6) is 0 Å². The SMILES string of the molecule is COC(=O)[C@H]1Cc2ccccc2C[NH+]1CC(=O)Nc1ccc(C(F)(F)F)cc1. The average Bonchev–Trinajstić information content (AvgIpc) is 2.66. The minimum absolute atomic E-state index is 0.00484. The molecule has 0 aromatic heterocycles. The van der Waals surface area contributed by atoms with Crippen LogP contribution in [-0.2, 0) is 33.5 Å². The van der Waals surface area contributed by atoms with E-state index < -0.39 is 23.8 Å². The monoisotopic (exact) mass is 393 g/mol. The maximum atomic E-state index is 12.6. The van der Waals surface area contributed by atoms with Crippen molar-refractivity contribution >= 4 is 17.6 Å². The molecule has 1 aliphatic rings. The van der Waals surface area contributed by atoms with Gasteiger partial charge in [0.25, 0.3) is 5.91 Å². The second kappa shape index (κ2) is 8.02. The third-order valence-electron chi connectivity index (χ3n) is 4.82. The summed E-state index contributed by atoms with van der Waals surface area (Å²) in [5.74, 6) is -0.783. The highest BCUT2D eigenvalue weighted by molar-refractivity contribution is 5.91. The number of amides is 1. The van der Waals surface area contributed by atoms with Crippen molar-refractivity contribution in [1.82, 2.24) is 0 Å². The fraction of sp³-hybridized carbons (Fsp3) is 0.300. The molecule has 0 saturated carbocycles. The highest BCUT2D eigenvalue weighted by Gasteiger charge is 2.37. The van der Waals surface area contributed by atoms with Gasteiger partial charge >= 0.3 is 12.1 Å². The minimum Gasteiger partial charge on any atom is -0.465 e. The zero-order valence-corrected chi connectivity index (χ0v) is 15.2. The van der Waals surface area contributed by atoms with Gasteiger partial charge in [-0.15, -0.1) is 0 Å². The topological polar surface area (TPSA) is 59.8 Å². The van der Waals surface area contributed by atoms with Gasteiger partial charge in [0.15, 0.2) is 12.6 Å². The maximum Gasteiger partial charge on any atom is 0.416 e. The number of nitrogens with one attached hydrogen (secondary N) is 2. The second-order valence-corrected chi connectivity index (χ2v) is 6.68. The Bertz CT molecular complexity index is 866. The van der Waals surface area contributed by atoms with Crippen molar-refractivity contribution in [1.29, 1.82) is 0 Å². The van der Waals surface area contributed by atoms with Crippen LogP contribution in [0.3, 0.4) is 0 Å². The molecule has 2 N–H and O–H groups in total. The molecule has 0 saturated heterocycles. The number of benzene rings is 2. The Labute approximate surface area is 160 Å². The summed E-state index contributed by atoms with van der Waals surface area (Å²) in [5.41, 5.74) is 1.59. The Morgan fingerprint density at radius 1 is 1.11 bits per heavy atom. The molecule has 0 fully saturated rings. The lowest BCUT2D eigenvalue weighted by Crippen LogP contribution is -3.17. The first-order chi connectivity index (χ1) is 13.3. The molecule has 2 atom stereocenters. The standard InChI is InChI=1S/C20H19F3N2O3/c1-28-19(27)17-10-13-4-2-3-5-14(13)11-25(17)12-18(26)24-16-8-6-15(7-9-16)20(21,22)23/h2-9,17H,10-12H2,1H3,(H,24,26)/p+1/t17-/m1/s1. The van der Waals surface area contributed by atoms with E-state index in [-0.39, 0.29) is 18.1 Å². The maximum absolute atomic E-state index is 12.6. The fourth-order valence-electron chi connectivity index (χ4n) is 3.39. The van der Waals surface area contributed by atoms with Gasteiger partial charge in [-0.2, -0.15) is 13.2 Å². The molecule has 5 nitrogen and oxygen atoms in total. The summed E-state index contributed by atoms with van der Waals surface area (Å²) < 4.78 is 42.8. The number of hydrogen-bond donors (Lipinski definition) is 2. The fourth-order valence-corrected chi connectivity index (χ4v) is 3.39. The Hall–Kier alpha value is -2.87. The molecule has 0 radical (unpaired) electrons. The number of ether oxygens (including phenoxy) is 1. The van der Waals surface area contributed by atoms with Crippen molar-refractivity contribution in [3.63, 3.8) is 0 Å². The average molecular weight is 393 g/mol. The van der Waals surface area contributed by atoms with Gasteiger partial charge in [0.2, 0.25) is 0 Å². The van der Waals surface area contributed by atoms with Gasteiger partial charge in [-0.05, 0) is 29.8 Å². The van der Waals surface area contributed by atoms with Crippen LogP contribution >= 0.6 is 0 Å². The number of esters is 1. The molecule has 8 heteroatoms. The van der Waals surface area contributed by atoms with Crippen molar-refractivity contribution in [2.24, 2.45) is 0 Å². The zero-order valence-electron chi connectivity index (χ0n) is 15.2. The number of hydrogen-bond acceptors (Lipinski definition) is 3. The van der Waals surface area contributed by atoms with Crippen LogP contribution in [0.4, 0.5) is 18.9 Å². The van der Waals surface area contributed by atoms with E-state index >= 15 is 0 Å². The van der Waals surface area contributed by atoms with E-state index in [2.05, 4.69) is 5.32 Å². The summed E-state index contributed by atoms with van der Waals surface area (Å²) in [5, 5.41) is 2.59. The van der Waals surface area contributed by atoms with Gasteiger partial charge in [0.1, 0.15) is 6.54 Å². The number of carbonyl (C=O) groups is 2. The third kappa shape index (κ3) is 4.51. The van der Waals surface area contributed by atoms with Gasteiger partial charge in [0.05, 0.1) is 12.7 Å². The predicted molar refractivity (Wildman–Crippen MR) is 95.6 cm³/mol. The van der Waals surface area contributed by atoms with Gasteiger partial charge in [-0.25, -0.2) is 4.79 Å². The Kier molecular flexibility index (Phi) is 5.69. The molecule has 3 rings (SSSR count). The molecule has 1 heterocycles. The molecule has 1 amide bonds. The van der Waals surface area contributed by atoms with Gasteiger partial charge in [-0.1, -0.05) is 24.3 Å². The number of fused-ring (bicyclic) bond motifs is 1. The summed E-state index contributed by atoms with van der Waals surface area (Å²) in [4.78, 5) is 25.3. The van der Waals surface area contributed by atoms with E-state index in [1.807, 2.05) is 24.3 Å². The number of carbonyl (C=O) groups excluding carboxylic acids is 2. The number of anilines is 1. The number of quaternary nitrogens is 1. The quantitative estimate of drug-likeness (QED) is 0.780. The van der Waals surface area contributed by atoms with E-state index in [1.165, 1.54) is 19.2 Å². The summed E-state index contributed by atoms with van der Waals surface area (Å²) in [6.07, 6.45) is -3.96. The van der Waals surface area contributed by atoms with Crippen LogP contribution in [-0.4, -0.2) is 31.6 Å². The summed E-state index contributed by atoms with van der Waals surface area (Å²) in [6.45, 7) is 0.478. The summed E-state index contributed by atoms with van der Waals surface area (Å²) >= 11 is 0. The predicted octanol–water partition coefficient (Wildman–Crippen LogP) is 1.83. The van der Waals surface area contributed by atoms with Crippen LogP contribution in [0.15, 0.2) is 48.5 Å². The molecule has 28 heavy (non-hydrogen) atoms. The first kappa shape index (κ1) is 19.9. The molecule has 2 aromatic carbocycles. The molecular weight excluding hydrogens is 373 g/mol. The van der Waals surface area contributed by atoms with E-state index in [4.69, 9.17) is 4.74 Å². The first-order valence-electron chi connectivity index (χ1n) is 8.74. The molecule has 0 bridgehead atoms. The summed E-state index contributed by atoms with van der Waals surface area (Å²) in [7, 11) is 1.31. The lowest BCUT2D eigenvalue weighted by atomic mass is 9.94. The normalized spacial score (nSPS) is 18.9. The van der Waals surface area contributed by atoms with E-state index in [9.17, 15) is 22.8 Å². The Balaban J connectivity index is 1.70. The van der Waals surface area contributed by atoms with Crippen molar-refractivity contribution in [2.75, 3.05) is 19.0 Å². The lowest BCUT2D eigenvalue weighted by molar-refractivity contribution is -0.924. The highest BCUT2D eigenvalue weighted by Crippen LogP contribution is 2.29. The van der Waals surface area contributed by atoms with Crippen LogP contribution in [0.1, 0.15) is 16.7 Å². The number of alkyl halides is 3. The number of methoxy groups -OCH3 is 1. The van der Waals surface area contributed by atoms with Crippen molar-refractivity contribution < 1.29 is 32.4 Å². The molecule has 0 aliphatic carbocycles. The second-order valence-electron chi connectivity index (χ2n) is 6.68. The molecular formula is C20H20F3N2O3+. The molecule has 1 aliphatic heterocycles. The Morgan fingerprint density at radius 3 is 2.36 bits per heavy atom. The zero-order chi connectivity index (χ0) is 20.3. The van der Waals surface area contributed by atoms with Crippen LogP contribution < -0.4 is 10.2 Å². The third-order valence-corrected chi connectivity index (χ3v) is 4.82. The summed E-state index contributed by atoms with van der Waals surface area (Å²) in [6, 6.07) is 11.4. The van der Waals surface area contributed by atoms with Crippen LogP contribution in [0, 0.1) is 0 Å². The van der Waals surface area contributed by atoms with Crippen LogP contribution in [0.2, 0.25) is 0 Å². The van der Waals surface area contributed by atoms with E-state index in [0.717, 1.165) is 28.2 Å². The van der Waals surface area contributed by atoms with Crippen LogP contribution in [0.25, 0.3) is 0 Å². The van der Waals surface area contributed by atoms with E-state index in [0.29, 0.717) is 13.0 Å². The van der Waals surface area contributed by atoms with E-state index in [1.54, 1.807) is 0 Å². The van der Waals surface area contributed by atoms with Crippen molar-refractivity contribution in [3.05, 3.63) is 65.2 Å². The first-order valence-corrected chi connectivity index (χ1v) is 8.74. The number of halogens is 3. The van der Waals surface area contributed by atoms with Gasteiger partial charge in [0, 0.05) is 17.7 Å². The van der Waals surface area contributed by atoms with Gasteiger partial charge < -0.3 is 15.0 Å². The Morgan fingerprint density at radius 2 is 1.75 bits per heavy atom. The number of rotatable bonds is 4. The van der Waals surface area contributed by atoms with Crippen molar-refractivity contribution in [3.8, 4) is 0 Å². The molecule has 0 spiro atoms.